The van der Waals surface area contributed by atoms with Gasteiger partial charge in [-0.2, -0.15) is 0 Å². The van der Waals surface area contributed by atoms with Gasteiger partial charge in [0.1, 0.15) is 0 Å². The average molecular weight is 210 g/mol. The Kier molecular flexibility index (Phi) is 3.36. The molecule has 0 aromatic heterocycles. The molecule has 2 heteroatoms. The Balaban J connectivity index is 2.04. The molecule has 2 rings (SSSR count). The zero-order chi connectivity index (χ0) is 11.0. The van der Waals surface area contributed by atoms with Crippen LogP contribution in [0.25, 0.3) is 0 Å². The molecule has 4 atom stereocenters. The van der Waals surface area contributed by atoms with Gasteiger partial charge < -0.3 is 5.73 Å². The predicted octanol–water partition coefficient (Wildman–Crippen LogP) is 2.23. The summed E-state index contributed by atoms with van der Waals surface area (Å²) in [5.74, 6) is 1.61. The largest absolute Gasteiger partial charge is 0.326 e. The van der Waals surface area contributed by atoms with Gasteiger partial charge in [0.2, 0.25) is 0 Å². The second-order valence-electron chi connectivity index (χ2n) is 5.77. The molecule has 88 valence electrons. The third kappa shape index (κ3) is 2.36. The molecule has 2 nitrogen and oxygen atoms in total. The molecule has 2 fully saturated rings. The van der Waals surface area contributed by atoms with E-state index in [-0.39, 0.29) is 0 Å². The smallest absolute Gasteiger partial charge is 0.0275 e. The second-order valence-corrected chi connectivity index (χ2v) is 5.77. The van der Waals surface area contributed by atoms with Gasteiger partial charge in [0.25, 0.3) is 0 Å². The van der Waals surface area contributed by atoms with E-state index in [1.54, 1.807) is 0 Å². The SMILES string of the molecule is CCN(C1CC1)C1C(C)CC(C)CC1N. The summed E-state index contributed by atoms with van der Waals surface area (Å²) in [5.41, 5.74) is 6.36. The minimum absolute atomic E-state index is 0.407. The summed E-state index contributed by atoms with van der Waals surface area (Å²) in [6.07, 6.45) is 5.39. The fourth-order valence-corrected chi connectivity index (χ4v) is 3.59. The van der Waals surface area contributed by atoms with Crippen LogP contribution in [-0.2, 0) is 0 Å². The zero-order valence-corrected chi connectivity index (χ0v) is 10.4. The minimum Gasteiger partial charge on any atom is -0.326 e. The highest BCUT2D eigenvalue weighted by Gasteiger charge is 2.40. The third-order valence-corrected chi connectivity index (χ3v) is 4.23. The monoisotopic (exact) mass is 210 g/mol. The fraction of sp³-hybridized carbons (Fsp3) is 1.00. The maximum absolute atomic E-state index is 6.36. The number of hydrogen-bond acceptors (Lipinski definition) is 2. The van der Waals surface area contributed by atoms with E-state index in [0.29, 0.717) is 12.1 Å². The van der Waals surface area contributed by atoms with Crippen LogP contribution in [0.2, 0.25) is 0 Å². The highest BCUT2D eigenvalue weighted by Crippen LogP contribution is 2.37. The van der Waals surface area contributed by atoms with Crippen LogP contribution in [0, 0.1) is 11.8 Å². The highest BCUT2D eigenvalue weighted by atomic mass is 15.2. The van der Waals surface area contributed by atoms with Crippen molar-refractivity contribution in [3.8, 4) is 0 Å². The van der Waals surface area contributed by atoms with Crippen molar-refractivity contribution in [2.75, 3.05) is 6.54 Å². The molecule has 0 aromatic carbocycles. The van der Waals surface area contributed by atoms with Crippen LogP contribution in [-0.4, -0.2) is 29.6 Å². The van der Waals surface area contributed by atoms with Gasteiger partial charge >= 0.3 is 0 Å². The van der Waals surface area contributed by atoms with Crippen molar-refractivity contribution in [1.82, 2.24) is 4.90 Å². The number of nitrogens with zero attached hydrogens (tertiary/aromatic N) is 1. The first-order valence-electron chi connectivity index (χ1n) is 6.64. The minimum atomic E-state index is 0.407. The average Bonchev–Trinajstić information content (AvgIpc) is 2.94. The first-order chi connectivity index (χ1) is 7.13. The molecule has 2 aliphatic carbocycles. The van der Waals surface area contributed by atoms with Crippen molar-refractivity contribution in [1.29, 1.82) is 0 Å². The molecule has 4 unspecified atom stereocenters. The molecule has 0 saturated heterocycles. The summed E-state index contributed by atoms with van der Waals surface area (Å²) in [6, 6.07) is 1.92. The Morgan fingerprint density at radius 1 is 1.20 bits per heavy atom. The molecule has 0 amide bonds. The molecule has 2 N–H and O–H groups in total. The lowest BCUT2D eigenvalue weighted by Crippen LogP contribution is -2.55. The van der Waals surface area contributed by atoms with Crippen LogP contribution in [0.5, 0.6) is 0 Å². The van der Waals surface area contributed by atoms with Crippen molar-refractivity contribution < 1.29 is 0 Å². The summed E-state index contributed by atoms with van der Waals surface area (Å²) in [6.45, 7) is 8.21. The first-order valence-corrected chi connectivity index (χ1v) is 6.64. The topological polar surface area (TPSA) is 29.3 Å². The van der Waals surface area contributed by atoms with Gasteiger partial charge in [-0.1, -0.05) is 20.8 Å². The van der Waals surface area contributed by atoms with Gasteiger partial charge in [0, 0.05) is 18.1 Å². The van der Waals surface area contributed by atoms with Crippen LogP contribution in [0.15, 0.2) is 0 Å². The zero-order valence-electron chi connectivity index (χ0n) is 10.4. The molecular formula is C13H26N2. The summed E-state index contributed by atoms with van der Waals surface area (Å²) in [5, 5.41) is 0. The van der Waals surface area contributed by atoms with Gasteiger partial charge in [-0.3, -0.25) is 4.90 Å². The molecule has 15 heavy (non-hydrogen) atoms. The van der Waals surface area contributed by atoms with Crippen molar-refractivity contribution in [2.24, 2.45) is 17.6 Å². The van der Waals surface area contributed by atoms with Gasteiger partial charge in [0.15, 0.2) is 0 Å². The molecule has 0 aromatic rings. The summed E-state index contributed by atoms with van der Waals surface area (Å²) >= 11 is 0. The quantitative estimate of drug-likeness (QED) is 0.774. The van der Waals surface area contributed by atoms with Gasteiger partial charge in [-0.15, -0.1) is 0 Å². The van der Waals surface area contributed by atoms with E-state index in [1.165, 1.54) is 32.2 Å². The van der Waals surface area contributed by atoms with Crippen molar-refractivity contribution >= 4 is 0 Å². The van der Waals surface area contributed by atoms with Crippen molar-refractivity contribution in [3.05, 3.63) is 0 Å². The molecule has 2 saturated carbocycles. The Hall–Kier alpha value is -0.0800. The molecule has 0 spiro atoms. The fourth-order valence-electron chi connectivity index (χ4n) is 3.59. The molecule has 0 heterocycles. The molecular weight excluding hydrogens is 184 g/mol. The Labute approximate surface area is 94.2 Å². The van der Waals surface area contributed by atoms with Gasteiger partial charge in [-0.25, -0.2) is 0 Å². The predicted molar refractivity (Wildman–Crippen MR) is 64.7 cm³/mol. The summed E-state index contributed by atoms with van der Waals surface area (Å²) in [4.78, 5) is 2.68. The van der Waals surface area contributed by atoms with E-state index in [2.05, 4.69) is 25.7 Å². The van der Waals surface area contributed by atoms with Crippen molar-refractivity contribution in [2.45, 2.75) is 64.6 Å². The van der Waals surface area contributed by atoms with Gasteiger partial charge in [-0.05, 0) is 44.1 Å². The van der Waals surface area contributed by atoms with Crippen molar-refractivity contribution in [3.63, 3.8) is 0 Å². The summed E-state index contributed by atoms with van der Waals surface area (Å²) in [7, 11) is 0. The molecule has 0 bridgehead atoms. The Morgan fingerprint density at radius 2 is 1.87 bits per heavy atom. The lowest BCUT2D eigenvalue weighted by Gasteiger charge is -2.44. The van der Waals surface area contributed by atoms with E-state index >= 15 is 0 Å². The first kappa shape index (κ1) is 11.4. The Morgan fingerprint density at radius 3 is 2.33 bits per heavy atom. The molecule has 2 aliphatic rings. The lowest BCUT2D eigenvalue weighted by molar-refractivity contribution is 0.0731. The van der Waals surface area contributed by atoms with Crippen LogP contribution in [0.3, 0.4) is 0 Å². The molecule has 0 radical (unpaired) electrons. The lowest BCUT2D eigenvalue weighted by atomic mass is 9.76. The van der Waals surface area contributed by atoms with E-state index in [9.17, 15) is 0 Å². The Bertz CT molecular complexity index is 201. The summed E-state index contributed by atoms with van der Waals surface area (Å²) < 4.78 is 0. The van der Waals surface area contributed by atoms with E-state index in [1.807, 2.05) is 0 Å². The number of likely N-dealkylation sites (N-methyl/N-ethyl adjacent to an activating group) is 1. The number of hydrogen-bond donors (Lipinski definition) is 1. The standard InChI is InChI=1S/C13H26N2/c1-4-15(11-5-6-11)13-10(3)7-9(2)8-12(13)14/h9-13H,4-8,14H2,1-3H3. The van der Waals surface area contributed by atoms with Crippen LogP contribution in [0.1, 0.15) is 46.5 Å². The van der Waals surface area contributed by atoms with E-state index in [4.69, 9.17) is 5.73 Å². The molecule has 0 aliphatic heterocycles. The van der Waals surface area contributed by atoms with Crippen LogP contribution >= 0.6 is 0 Å². The van der Waals surface area contributed by atoms with E-state index < -0.39 is 0 Å². The van der Waals surface area contributed by atoms with Crippen LogP contribution < -0.4 is 5.73 Å². The maximum atomic E-state index is 6.36. The maximum Gasteiger partial charge on any atom is 0.0275 e. The number of nitrogens with two attached hydrogens (primary N) is 1. The normalized spacial score (nSPS) is 42.2. The van der Waals surface area contributed by atoms with Gasteiger partial charge in [0.05, 0.1) is 0 Å². The van der Waals surface area contributed by atoms with E-state index in [0.717, 1.165) is 17.9 Å². The van der Waals surface area contributed by atoms with Crippen LogP contribution in [0.4, 0.5) is 0 Å². The highest BCUT2D eigenvalue weighted by molar-refractivity contribution is 4.97. The second kappa shape index (κ2) is 4.42. The third-order valence-electron chi connectivity index (χ3n) is 4.23. The number of rotatable bonds is 3.